The van der Waals surface area contributed by atoms with Crippen molar-refractivity contribution >= 4 is 17.0 Å². The third-order valence-corrected chi connectivity index (χ3v) is 5.39. The molecule has 0 aromatic heterocycles. The van der Waals surface area contributed by atoms with Gasteiger partial charge in [-0.15, -0.1) is 0 Å². The van der Waals surface area contributed by atoms with Gasteiger partial charge >= 0.3 is 12.1 Å². The first-order valence-electron chi connectivity index (χ1n) is 8.65. The first-order valence-corrected chi connectivity index (χ1v) is 9.93. The van der Waals surface area contributed by atoms with E-state index >= 15 is 0 Å². The molecular weight excluding hydrogens is 369 g/mol. The molecule has 1 fully saturated rings. The predicted molar refractivity (Wildman–Crippen MR) is 91.9 cm³/mol. The lowest BCUT2D eigenvalue weighted by atomic mass is 9.84. The molecule has 2 atom stereocenters. The van der Waals surface area contributed by atoms with E-state index in [9.17, 15) is 22.2 Å². The highest BCUT2D eigenvalue weighted by Gasteiger charge is 2.36. The summed E-state index contributed by atoms with van der Waals surface area (Å²) in [4.78, 5) is 11.5. The van der Waals surface area contributed by atoms with Crippen LogP contribution < -0.4 is 0 Å². The van der Waals surface area contributed by atoms with Crippen molar-refractivity contribution in [2.75, 3.05) is 6.61 Å². The van der Waals surface area contributed by atoms with Crippen LogP contribution in [0.2, 0.25) is 0 Å². The minimum absolute atomic E-state index is 0.0555. The second kappa shape index (κ2) is 8.99. The highest BCUT2D eigenvalue weighted by atomic mass is 32.2. The summed E-state index contributed by atoms with van der Waals surface area (Å²) in [5.41, 5.74) is -0.652. The monoisotopic (exact) mass is 392 g/mol. The van der Waals surface area contributed by atoms with E-state index in [4.69, 9.17) is 9.29 Å². The molecule has 26 heavy (non-hydrogen) atoms. The summed E-state index contributed by atoms with van der Waals surface area (Å²) in [5.74, 6) is -1.09. The Bertz CT molecular complexity index is 654. The first kappa shape index (κ1) is 20.9. The lowest BCUT2D eigenvalue weighted by molar-refractivity contribution is -0.144. The molecule has 1 aliphatic carbocycles. The van der Waals surface area contributed by atoms with Crippen molar-refractivity contribution in [2.45, 2.75) is 56.9 Å². The minimum Gasteiger partial charge on any atom is -0.465 e. The molecule has 2 unspecified atom stereocenters. The molecule has 0 heterocycles. The lowest BCUT2D eigenvalue weighted by Crippen LogP contribution is -2.20. The van der Waals surface area contributed by atoms with Gasteiger partial charge in [-0.1, -0.05) is 31.9 Å². The molecule has 1 aromatic rings. The molecule has 1 saturated carbocycles. The van der Waals surface area contributed by atoms with Crippen LogP contribution in [0.4, 0.5) is 13.2 Å². The molecule has 0 amide bonds. The van der Waals surface area contributed by atoms with Gasteiger partial charge in [0.15, 0.2) is 11.1 Å². The van der Waals surface area contributed by atoms with Crippen molar-refractivity contribution in [3.8, 4) is 0 Å². The maximum atomic E-state index is 13.4. The zero-order valence-electron chi connectivity index (χ0n) is 14.6. The number of carbonyl (C=O) groups is 1. The van der Waals surface area contributed by atoms with Crippen LogP contribution >= 0.6 is 0 Å². The van der Waals surface area contributed by atoms with Crippen LogP contribution in [0.25, 0.3) is 0 Å². The standard InChI is InChI=1S/C18H23F3O4S/c1-2-17(22)25-10-15(12-5-3-4-6-12)13-7-8-14(11-26(23)24)16(9-13)18(19,20)21/h7-9,12,15H,2-6,10-11H2,1H3,(H,23,24). The molecular formula is C18H23F3O4S. The predicted octanol–water partition coefficient (Wildman–Crippen LogP) is 4.65. The van der Waals surface area contributed by atoms with Crippen molar-refractivity contribution < 1.29 is 31.5 Å². The number of benzene rings is 1. The van der Waals surface area contributed by atoms with Gasteiger partial charge in [-0.05, 0) is 36.0 Å². The molecule has 2 rings (SSSR count). The van der Waals surface area contributed by atoms with Crippen LogP contribution in [0.5, 0.6) is 0 Å². The first-order chi connectivity index (χ1) is 12.2. The normalized spacial score (nSPS) is 17.9. The summed E-state index contributed by atoms with van der Waals surface area (Å²) in [5, 5.41) is 0. The van der Waals surface area contributed by atoms with E-state index in [1.54, 1.807) is 13.0 Å². The largest absolute Gasteiger partial charge is 0.465 e. The van der Waals surface area contributed by atoms with E-state index in [0.717, 1.165) is 31.7 Å². The smallest absolute Gasteiger partial charge is 0.416 e. The Morgan fingerprint density at radius 2 is 2.00 bits per heavy atom. The SMILES string of the molecule is CCC(=O)OCC(c1ccc(CS(=O)O)c(C(F)(F)F)c1)C1CCCC1. The molecule has 0 saturated heterocycles. The maximum absolute atomic E-state index is 13.4. The van der Waals surface area contributed by atoms with E-state index in [0.29, 0.717) is 5.56 Å². The summed E-state index contributed by atoms with van der Waals surface area (Å²) in [7, 11) is 0. The Labute approximate surface area is 153 Å². The van der Waals surface area contributed by atoms with Crippen molar-refractivity contribution in [2.24, 2.45) is 5.92 Å². The Hall–Kier alpha value is -1.41. The van der Waals surface area contributed by atoms with E-state index in [-0.39, 0.29) is 36.4 Å². The summed E-state index contributed by atoms with van der Waals surface area (Å²) in [6.07, 6.45) is -0.610. The third kappa shape index (κ3) is 5.54. The fraction of sp³-hybridized carbons (Fsp3) is 0.611. The number of halogens is 3. The van der Waals surface area contributed by atoms with Crippen molar-refractivity contribution in [1.29, 1.82) is 0 Å². The van der Waals surface area contributed by atoms with Crippen molar-refractivity contribution in [1.82, 2.24) is 0 Å². The van der Waals surface area contributed by atoms with Gasteiger partial charge in [0.1, 0.15) is 0 Å². The molecule has 4 nitrogen and oxygen atoms in total. The summed E-state index contributed by atoms with van der Waals surface area (Å²) in [6.45, 7) is 1.72. The van der Waals surface area contributed by atoms with Gasteiger partial charge < -0.3 is 9.29 Å². The molecule has 0 spiro atoms. The summed E-state index contributed by atoms with van der Waals surface area (Å²) in [6, 6.07) is 3.86. The van der Waals surface area contributed by atoms with Gasteiger partial charge in [-0.25, -0.2) is 4.21 Å². The molecule has 146 valence electrons. The highest BCUT2D eigenvalue weighted by Crippen LogP contribution is 2.40. The van der Waals surface area contributed by atoms with Gasteiger partial charge in [0.2, 0.25) is 0 Å². The van der Waals surface area contributed by atoms with E-state index in [2.05, 4.69) is 0 Å². The molecule has 1 aromatic carbocycles. The third-order valence-electron chi connectivity index (χ3n) is 4.83. The molecule has 1 aliphatic rings. The van der Waals surface area contributed by atoms with E-state index in [1.807, 2.05) is 0 Å². The molecule has 0 radical (unpaired) electrons. The van der Waals surface area contributed by atoms with Gasteiger partial charge in [0.05, 0.1) is 17.9 Å². The number of alkyl halides is 3. The van der Waals surface area contributed by atoms with Crippen LogP contribution in [0.1, 0.15) is 61.6 Å². The van der Waals surface area contributed by atoms with Gasteiger partial charge in [-0.3, -0.25) is 4.79 Å². The number of rotatable bonds is 7. The fourth-order valence-electron chi connectivity index (χ4n) is 3.50. The average molecular weight is 392 g/mol. The second-order valence-corrected chi connectivity index (χ2v) is 7.50. The summed E-state index contributed by atoms with van der Waals surface area (Å²) < 4.78 is 65.4. The maximum Gasteiger partial charge on any atom is 0.416 e. The number of ether oxygens (including phenoxy) is 1. The number of hydrogen-bond donors (Lipinski definition) is 1. The van der Waals surface area contributed by atoms with E-state index < -0.39 is 28.6 Å². The van der Waals surface area contributed by atoms with Crippen molar-refractivity contribution in [3.63, 3.8) is 0 Å². The molecule has 8 heteroatoms. The number of esters is 1. The Kier molecular flexibility index (Phi) is 7.23. The zero-order valence-corrected chi connectivity index (χ0v) is 15.4. The van der Waals surface area contributed by atoms with Gasteiger partial charge in [0.25, 0.3) is 0 Å². The topological polar surface area (TPSA) is 63.6 Å². The summed E-state index contributed by atoms with van der Waals surface area (Å²) >= 11 is -2.36. The second-order valence-electron chi connectivity index (χ2n) is 6.57. The number of hydrogen-bond acceptors (Lipinski definition) is 3. The molecule has 1 N–H and O–H groups in total. The zero-order chi connectivity index (χ0) is 19.3. The lowest BCUT2D eigenvalue weighted by Gasteiger charge is -2.25. The minimum atomic E-state index is -4.62. The molecule has 0 bridgehead atoms. The van der Waals surface area contributed by atoms with Crippen LogP contribution in [0.3, 0.4) is 0 Å². The Morgan fingerprint density at radius 1 is 1.35 bits per heavy atom. The van der Waals surface area contributed by atoms with Crippen LogP contribution in [-0.4, -0.2) is 21.3 Å². The van der Waals surface area contributed by atoms with Gasteiger partial charge in [0, 0.05) is 12.3 Å². The quantitative estimate of drug-likeness (QED) is 0.542. The molecule has 0 aliphatic heterocycles. The number of carbonyl (C=O) groups excluding carboxylic acids is 1. The average Bonchev–Trinajstić information content (AvgIpc) is 3.08. The Morgan fingerprint density at radius 3 is 2.54 bits per heavy atom. The van der Waals surface area contributed by atoms with Crippen LogP contribution in [-0.2, 0) is 32.5 Å². The van der Waals surface area contributed by atoms with E-state index in [1.165, 1.54) is 6.07 Å². The van der Waals surface area contributed by atoms with Crippen molar-refractivity contribution in [3.05, 3.63) is 34.9 Å². The highest BCUT2D eigenvalue weighted by molar-refractivity contribution is 7.78. The fourth-order valence-corrected chi connectivity index (χ4v) is 4.01. The van der Waals surface area contributed by atoms with Crippen LogP contribution in [0, 0.1) is 5.92 Å². The van der Waals surface area contributed by atoms with Gasteiger partial charge in [-0.2, -0.15) is 13.2 Å². The van der Waals surface area contributed by atoms with Crippen LogP contribution in [0.15, 0.2) is 18.2 Å². The Balaban J connectivity index is 2.36.